The molecule has 1 amide bonds. The summed E-state index contributed by atoms with van der Waals surface area (Å²) in [5.41, 5.74) is 1.51. The Kier molecular flexibility index (Phi) is 6.13. The number of esters is 1. The molecule has 6 nitrogen and oxygen atoms in total. The minimum atomic E-state index is -0.953. The zero-order valence-corrected chi connectivity index (χ0v) is 16.6. The number of hydrogen-bond donors (Lipinski definition) is 2. The highest BCUT2D eigenvalue weighted by Crippen LogP contribution is 2.56. The van der Waals surface area contributed by atoms with Crippen LogP contribution < -0.4 is 10.2 Å². The Morgan fingerprint density at radius 1 is 1.14 bits per heavy atom. The summed E-state index contributed by atoms with van der Waals surface area (Å²) in [5.74, 6) is -0.535. The van der Waals surface area contributed by atoms with Crippen LogP contribution in [0.1, 0.15) is 18.9 Å². The van der Waals surface area contributed by atoms with Gasteiger partial charge >= 0.3 is 5.97 Å². The lowest BCUT2D eigenvalue weighted by atomic mass is 9.93. The maximum absolute atomic E-state index is 12.4. The Morgan fingerprint density at radius 3 is 2.36 bits per heavy atom. The number of ether oxygens (including phenoxy) is 2. The van der Waals surface area contributed by atoms with Crippen LogP contribution in [0.4, 0.5) is 0 Å². The van der Waals surface area contributed by atoms with Crippen LogP contribution in [0.15, 0.2) is 42.5 Å². The third-order valence-electron chi connectivity index (χ3n) is 4.70. The van der Waals surface area contributed by atoms with Gasteiger partial charge in [-0.15, -0.1) is 0 Å². The van der Waals surface area contributed by atoms with Gasteiger partial charge in [0.25, 0.3) is 0 Å². The van der Waals surface area contributed by atoms with E-state index in [1.54, 1.807) is 42.7 Å². The Bertz CT molecular complexity index is 866. The van der Waals surface area contributed by atoms with Gasteiger partial charge < -0.3 is 9.47 Å². The largest absolute Gasteiger partial charge is 0.466 e. The number of carbonyl (C=O) groups excluding carboxylic acids is 2. The molecule has 3 rings (SSSR count). The van der Waals surface area contributed by atoms with E-state index in [0.29, 0.717) is 34.4 Å². The number of nitrogens with one attached hydrogen (secondary N) is 1. The molecule has 0 aliphatic heterocycles. The first-order valence-electron chi connectivity index (χ1n) is 8.72. The van der Waals surface area contributed by atoms with Crippen LogP contribution >= 0.6 is 23.2 Å². The summed E-state index contributed by atoms with van der Waals surface area (Å²) in [6.45, 7) is 1.94. The normalized spacial score (nSPS) is 20.4. The van der Waals surface area contributed by atoms with Crippen LogP contribution in [-0.2, 0) is 20.7 Å². The molecule has 1 aliphatic carbocycles. The molecule has 0 radical (unpaired) electrons. The highest BCUT2D eigenvalue weighted by molar-refractivity contribution is 6.34. The minimum absolute atomic E-state index is 0.225. The quantitative estimate of drug-likeness (QED) is 0.391. The number of amides is 1. The molecule has 0 bridgehead atoms. The van der Waals surface area contributed by atoms with Crippen molar-refractivity contribution < 1.29 is 24.3 Å². The van der Waals surface area contributed by atoms with Gasteiger partial charge in [0.15, 0.2) is 0 Å². The molecular formula is C20H19Cl2NO5. The second kappa shape index (κ2) is 8.39. The number of rotatable bonds is 7. The third-order valence-corrected chi connectivity index (χ3v) is 5.14. The van der Waals surface area contributed by atoms with Gasteiger partial charge in [0.2, 0.25) is 5.91 Å². The average molecular weight is 424 g/mol. The molecule has 2 atom stereocenters. The maximum Gasteiger partial charge on any atom is 0.313 e. The summed E-state index contributed by atoms with van der Waals surface area (Å²) in [6.07, 6.45) is 0.657. The van der Waals surface area contributed by atoms with Crippen LogP contribution in [0.25, 0.3) is 0 Å². The summed E-state index contributed by atoms with van der Waals surface area (Å²) in [5, 5.41) is 9.82. The van der Waals surface area contributed by atoms with Gasteiger partial charge in [-0.05, 0) is 55.7 Å². The monoisotopic (exact) mass is 423 g/mol. The van der Waals surface area contributed by atoms with Gasteiger partial charge in [-0.1, -0.05) is 35.3 Å². The zero-order valence-electron chi connectivity index (χ0n) is 15.1. The summed E-state index contributed by atoms with van der Waals surface area (Å²) >= 11 is 11.9. The fourth-order valence-electron chi connectivity index (χ4n) is 3.26. The maximum atomic E-state index is 12.4. The van der Waals surface area contributed by atoms with Crippen molar-refractivity contribution >= 4 is 35.1 Å². The summed E-state index contributed by atoms with van der Waals surface area (Å²) in [6, 6.07) is 12.1. The van der Waals surface area contributed by atoms with Crippen LogP contribution in [0.2, 0.25) is 10.0 Å². The molecule has 2 unspecified atom stereocenters. The molecule has 2 aromatic rings. The lowest BCUT2D eigenvalue weighted by Gasteiger charge is -2.16. The van der Waals surface area contributed by atoms with Crippen molar-refractivity contribution in [1.82, 2.24) is 5.48 Å². The van der Waals surface area contributed by atoms with Gasteiger partial charge in [0, 0.05) is 10.0 Å². The first-order valence-corrected chi connectivity index (χ1v) is 9.47. The molecule has 1 saturated carbocycles. The minimum Gasteiger partial charge on any atom is -0.466 e. The van der Waals surface area contributed by atoms with Gasteiger partial charge in [0.05, 0.1) is 17.9 Å². The van der Waals surface area contributed by atoms with Crippen LogP contribution in [0.3, 0.4) is 0 Å². The second-order valence-corrected chi connectivity index (χ2v) is 7.51. The molecule has 148 valence electrons. The lowest BCUT2D eigenvalue weighted by Crippen LogP contribution is -2.30. The Labute approximate surface area is 172 Å². The number of benzene rings is 2. The molecule has 28 heavy (non-hydrogen) atoms. The highest BCUT2D eigenvalue weighted by Gasteiger charge is 2.64. The smallest absolute Gasteiger partial charge is 0.313 e. The van der Waals surface area contributed by atoms with Crippen molar-refractivity contribution in [3.05, 3.63) is 58.1 Å². The molecule has 0 aromatic heterocycles. The molecule has 0 saturated heterocycles. The predicted molar refractivity (Wildman–Crippen MR) is 104 cm³/mol. The topological polar surface area (TPSA) is 84.9 Å². The molecule has 8 heteroatoms. The Morgan fingerprint density at radius 2 is 1.79 bits per heavy atom. The fraction of sp³-hybridized carbons (Fsp3) is 0.300. The molecule has 1 aliphatic rings. The second-order valence-electron chi connectivity index (χ2n) is 6.64. The average Bonchev–Trinajstić information content (AvgIpc) is 3.37. The van der Waals surface area contributed by atoms with E-state index in [1.165, 1.54) is 0 Å². The highest BCUT2D eigenvalue weighted by atomic mass is 35.5. The molecule has 2 aromatic carbocycles. The number of carbonyl (C=O) groups is 2. The van der Waals surface area contributed by atoms with E-state index in [1.807, 2.05) is 12.1 Å². The van der Waals surface area contributed by atoms with Gasteiger partial charge in [-0.25, -0.2) is 5.48 Å². The number of halogens is 2. The fourth-order valence-corrected chi connectivity index (χ4v) is 3.76. The van der Waals surface area contributed by atoms with Crippen molar-refractivity contribution in [3.63, 3.8) is 0 Å². The molecule has 2 N–H and O–H groups in total. The number of hydrogen-bond acceptors (Lipinski definition) is 5. The van der Waals surface area contributed by atoms with Crippen molar-refractivity contribution in [2.45, 2.75) is 19.8 Å². The molecule has 0 spiro atoms. The van der Waals surface area contributed by atoms with E-state index in [4.69, 9.17) is 37.9 Å². The number of hydroxylamine groups is 1. The zero-order chi connectivity index (χ0) is 20.3. The third kappa shape index (κ3) is 4.41. The van der Waals surface area contributed by atoms with E-state index < -0.39 is 23.2 Å². The summed E-state index contributed by atoms with van der Waals surface area (Å²) < 4.78 is 10.9. The van der Waals surface area contributed by atoms with E-state index >= 15 is 0 Å². The SMILES string of the molecule is CCOC(=O)C1(Cc2ccc(Oc3cc(Cl)cc(Cl)c3)cc2)CC1C(=O)NO. The lowest BCUT2D eigenvalue weighted by molar-refractivity contribution is -0.152. The first kappa shape index (κ1) is 20.5. The summed E-state index contributed by atoms with van der Waals surface area (Å²) in [4.78, 5) is 24.2. The van der Waals surface area contributed by atoms with Crippen LogP contribution in [0.5, 0.6) is 11.5 Å². The van der Waals surface area contributed by atoms with E-state index in [9.17, 15) is 9.59 Å². The van der Waals surface area contributed by atoms with Gasteiger partial charge in [0.1, 0.15) is 11.5 Å². The van der Waals surface area contributed by atoms with Gasteiger partial charge in [-0.3, -0.25) is 14.8 Å². The molecule has 0 heterocycles. The Hall–Kier alpha value is -2.28. The van der Waals surface area contributed by atoms with E-state index in [0.717, 1.165) is 5.56 Å². The molecule has 1 fully saturated rings. The first-order chi connectivity index (χ1) is 13.4. The predicted octanol–water partition coefficient (Wildman–Crippen LogP) is 4.40. The van der Waals surface area contributed by atoms with Gasteiger partial charge in [-0.2, -0.15) is 0 Å². The van der Waals surface area contributed by atoms with Crippen LogP contribution in [0, 0.1) is 11.3 Å². The standard InChI is InChI=1S/C20H19Cl2NO5/c1-2-27-19(25)20(11-17(20)18(24)23-26)10-12-3-5-15(6-4-12)28-16-8-13(21)7-14(22)9-16/h3-9,17,26H,2,10-11H2,1H3,(H,23,24). The van der Waals surface area contributed by atoms with Crippen LogP contribution in [-0.4, -0.2) is 23.7 Å². The summed E-state index contributed by atoms with van der Waals surface area (Å²) in [7, 11) is 0. The Balaban J connectivity index is 1.73. The van der Waals surface area contributed by atoms with Crippen molar-refractivity contribution in [1.29, 1.82) is 0 Å². The molecular weight excluding hydrogens is 405 g/mol. The van der Waals surface area contributed by atoms with E-state index in [2.05, 4.69) is 0 Å². The van der Waals surface area contributed by atoms with Crippen molar-refractivity contribution in [2.75, 3.05) is 6.61 Å². The van der Waals surface area contributed by atoms with E-state index in [-0.39, 0.29) is 6.61 Å². The van der Waals surface area contributed by atoms with Crippen molar-refractivity contribution in [2.24, 2.45) is 11.3 Å². The van der Waals surface area contributed by atoms with Crippen molar-refractivity contribution in [3.8, 4) is 11.5 Å².